The average Bonchev–Trinajstić information content (AvgIpc) is 3.13. The van der Waals surface area contributed by atoms with Crippen molar-refractivity contribution in [1.82, 2.24) is 9.88 Å². The highest BCUT2D eigenvalue weighted by molar-refractivity contribution is 7.22. The van der Waals surface area contributed by atoms with Gasteiger partial charge in [-0.1, -0.05) is 66.6 Å². The minimum Gasteiger partial charge on any atom is -0.302 e. The Kier molecular flexibility index (Phi) is 9.59. The van der Waals surface area contributed by atoms with Gasteiger partial charge in [-0.25, -0.2) is 4.98 Å². The van der Waals surface area contributed by atoms with Crippen LogP contribution in [0.2, 0.25) is 10.0 Å². The Morgan fingerprint density at radius 3 is 2.53 bits per heavy atom. The van der Waals surface area contributed by atoms with Crippen molar-refractivity contribution in [3.8, 4) is 0 Å². The molecular weight excluding hydrogens is 461 g/mol. The van der Waals surface area contributed by atoms with Crippen LogP contribution in [0, 0.1) is 0 Å². The highest BCUT2D eigenvalue weighted by Crippen LogP contribution is 2.31. The highest BCUT2D eigenvalue weighted by atomic mass is 35.5. The molecule has 0 aliphatic heterocycles. The Morgan fingerprint density at radius 2 is 1.83 bits per heavy atom. The summed E-state index contributed by atoms with van der Waals surface area (Å²) in [4.78, 5) is 21.7. The molecule has 3 aromatic rings. The first-order chi connectivity index (χ1) is 14.0. The molecule has 0 fully saturated rings. The van der Waals surface area contributed by atoms with Crippen LogP contribution in [0.15, 0.2) is 48.5 Å². The molecule has 0 atom stereocenters. The maximum atomic E-state index is 13.1. The largest absolute Gasteiger partial charge is 0.302 e. The van der Waals surface area contributed by atoms with Crippen LogP contribution in [0.1, 0.15) is 19.4 Å². The lowest BCUT2D eigenvalue weighted by atomic mass is 10.2. The summed E-state index contributed by atoms with van der Waals surface area (Å²) in [5.41, 5.74) is 1.65. The van der Waals surface area contributed by atoms with Crippen LogP contribution in [-0.2, 0) is 4.79 Å². The van der Waals surface area contributed by atoms with E-state index in [1.165, 1.54) is 11.3 Å². The Balaban J connectivity index is 0.00000320. The molecule has 0 unspecified atom stereocenters. The first-order valence-electron chi connectivity index (χ1n) is 9.54. The number of rotatable bonds is 8. The molecule has 0 saturated heterocycles. The number of carbonyl (C=O) groups excluding carboxylic acids is 1. The van der Waals surface area contributed by atoms with Gasteiger partial charge in [0.15, 0.2) is 5.13 Å². The van der Waals surface area contributed by atoms with Crippen molar-refractivity contribution in [2.75, 3.05) is 31.1 Å². The monoisotopic (exact) mass is 483 g/mol. The van der Waals surface area contributed by atoms with E-state index in [4.69, 9.17) is 23.2 Å². The van der Waals surface area contributed by atoms with E-state index in [0.717, 1.165) is 35.4 Å². The first-order valence-corrected chi connectivity index (χ1v) is 11.1. The van der Waals surface area contributed by atoms with Crippen LogP contribution in [0.25, 0.3) is 16.3 Å². The minimum absolute atomic E-state index is 0. The molecule has 160 valence electrons. The SMILES string of the molecule is CCN(CC)CCN(C(=O)C=Cc1ccccc1Cl)c1nc2ccc(Cl)cc2s1.Cl. The highest BCUT2D eigenvalue weighted by Gasteiger charge is 2.19. The Hall–Kier alpha value is -1.63. The number of nitrogens with zero attached hydrogens (tertiary/aromatic N) is 3. The number of aromatic nitrogens is 1. The Morgan fingerprint density at radius 1 is 1.10 bits per heavy atom. The quantitative estimate of drug-likeness (QED) is 0.346. The third-order valence-electron chi connectivity index (χ3n) is 4.68. The molecule has 1 heterocycles. The predicted octanol–water partition coefficient (Wildman–Crippen LogP) is 6.41. The van der Waals surface area contributed by atoms with Crippen molar-refractivity contribution < 1.29 is 4.79 Å². The van der Waals surface area contributed by atoms with Crippen molar-refractivity contribution in [1.29, 1.82) is 0 Å². The van der Waals surface area contributed by atoms with E-state index < -0.39 is 0 Å². The fraction of sp³-hybridized carbons (Fsp3) is 0.273. The van der Waals surface area contributed by atoms with Crippen LogP contribution in [0.4, 0.5) is 5.13 Å². The molecule has 0 aliphatic rings. The van der Waals surface area contributed by atoms with Crippen LogP contribution in [-0.4, -0.2) is 42.0 Å². The van der Waals surface area contributed by atoms with Crippen molar-refractivity contribution >= 4 is 74.3 Å². The van der Waals surface area contributed by atoms with E-state index in [1.54, 1.807) is 23.1 Å². The molecule has 0 saturated carbocycles. The van der Waals surface area contributed by atoms with Crippen LogP contribution in [0.5, 0.6) is 0 Å². The summed E-state index contributed by atoms with van der Waals surface area (Å²) in [7, 11) is 0. The lowest BCUT2D eigenvalue weighted by Crippen LogP contribution is -2.38. The molecule has 0 bridgehead atoms. The van der Waals surface area contributed by atoms with Crippen molar-refractivity contribution in [3.05, 3.63) is 64.1 Å². The first kappa shape index (κ1) is 24.6. The molecule has 0 aliphatic carbocycles. The average molecular weight is 485 g/mol. The molecular formula is C22H24Cl3N3OS. The third kappa shape index (κ3) is 6.19. The van der Waals surface area contributed by atoms with E-state index >= 15 is 0 Å². The predicted molar refractivity (Wildman–Crippen MR) is 133 cm³/mol. The van der Waals surface area contributed by atoms with Crippen LogP contribution >= 0.6 is 46.9 Å². The van der Waals surface area contributed by atoms with E-state index in [9.17, 15) is 4.79 Å². The van der Waals surface area contributed by atoms with Gasteiger partial charge in [0.1, 0.15) is 0 Å². The number of thiazole rings is 1. The lowest BCUT2D eigenvalue weighted by Gasteiger charge is -2.23. The van der Waals surface area contributed by atoms with Gasteiger partial charge >= 0.3 is 0 Å². The molecule has 1 aromatic heterocycles. The van der Waals surface area contributed by atoms with Crippen molar-refractivity contribution in [2.45, 2.75) is 13.8 Å². The summed E-state index contributed by atoms with van der Waals surface area (Å²) < 4.78 is 0.961. The summed E-state index contributed by atoms with van der Waals surface area (Å²) in [6.07, 6.45) is 3.31. The molecule has 0 radical (unpaired) electrons. The number of amides is 1. The second-order valence-corrected chi connectivity index (χ2v) is 8.33. The molecule has 30 heavy (non-hydrogen) atoms. The van der Waals surface area contributed by atoms with Crippen LogP contribution < -0.4 is 4.90 Å². The number of carbonyl (C=O) groups is 1. The van der Waals surface area contributed by atoms with Gasteiger partial charge in [-0.15, -0.1) is 12.4 Å². The number of likely N-dealkylation sites (N-methyl/N-ethyl adjacent to an activating group) is 1. The number of hydrogen-bond donors (Lipinski definition) is 0. The normalized spacial score (nSPS) is 11.2. The second-order valence-electron chi connectivity index (χ2n) is 6.48. The molecule has 4 nitrogen and oxygen atoms in total. The van der Waals surface area contributed by atoms with Gasteiger partial charge < -0.3 is 4.90 Å². The minimum atomic E-state index is -0.123. The number of benzene rings is 2. The maximum absolute atomic E-state index is 13.1. The summed E-state index contributed by atoms with van der Waals surface area (Å²) in [6.45, 7) is 7.43. The molecule has 8 heteroatoms. The van der Waals surface area contributed by atoms with Gasteiger partial charge in [0.05, 0.1) is 10.2 Å². The van der Waals surface area contributed by atoms with Gasteiger partial charge in [-0.2, -0.15) is 0 Å². The molecule has 2 aromatic carbocycles. The van der Waals surface area contributed by atoms with Gasteiger partial charge in [-0.3, -0.25) is 9.69 Å². The summed E-state index contributed by atoms with van der Waals surface area (Å²) in [5.74, 6) is -0.123. The number of halogens is 3. The number of hydrogen-bond acceptors (Lipinski definition) is 4. The molecule has 0 spiro atoms. The van der Waals surface area contributed by atoms with Crippen LogP contribution in [0.3, 0.4) is 0 Å². The molecule has 0 N–H and O–H groups in total. The third-order valence-corrected chi connectivity index (χ3v) is 6.30. The van der Waals surface area contributed by atoms with E-state index in [-0.39, 0.29) is 18.3 Å². The smallest absolute Gasteiger partial charge is 0.252 e. The summed E-state index contributed by atoms with van der Waals surface area (Å²) >= 11 is 13.8. The molecule has 1 amide bonds. The van der Waals surface area contributed by atoms with Crippen molar-refractivity contribution in [2.24, 2.45) is 0 Å². The van der Waals surface area contributed by atoms with E-state index in [0.29, 0.717) is 21.7 Å². The molecule has 3 rings (SSSR count). The maximum Gasteiger partial charge on any atom is 0.252 e. The van der Waals surface area contributed by atoms with Gasteiger partial charge in [0, 0.05) is 29.2 Å². The zero-order chi connectivity index (χ0) is 20.8. The Bertz CT molecular complexity index is 1020. The van der Waals surface area contributed by atoms with Gasteiger partial charge in [0.2, 0.25) is 0 Å². The van der Waals surface area contributed by atoms with Crippen molar-refractivity contribution in [3.63, 3.8) is 0 Å². The fourth-order valence-electron chi connectivity index (χ4n) is 2.94. The number of anilines is 1. The van der Waals surface area contributed by atoms with E-state index in [2.05, 4.69) is 23.7 Å². The summed E-state index contributed by atoms with van der Waals surface area (Å²) in [6, 6.07) is 13.0. The Labute approximate surface area is 197 Å². The standard InChI is InChI=1S/C22H23Cl2N3OS.ClH/c1-3-26(4-2)13-14-27(21(28)12-9-16-7-5-6-8-18(16)24)22-25-19-11-10-17(23)15-20(19)29-22;/h5-12,15H,3-4,13-14H2,1-2H3;1H. The van der Waals surface area contributed by atoms with Gasteiger partial charge in [-0.05, 0) is 49.0 Å². The zero-order valence-corrected chi connectivity index (χ0v) is 20.0. The van der Waals surface area contributed by atoms with Gasteiger partial charge in [0.25, 0.3) is 5.91 Å². The summed E-state index contributed by atoms with van der Waals surface area (Å²) in [5, 5.41) is 1.94. The lowest BCUT2D eigenvalue weighted by molar-refractivity contribution is -0.114. The fourth-order valence-corrected chi connectivity index (χ4v) is 4.42. The second kappa shape index (κ2) is 11.7. The topological polar surface area (TPSA) is 36.4 Å². The van der Waals surface area contributed by atoms with E-state index in [1.807, 2.05) is 36.4 Å². The number of fused-ring (bicyclic) bond motifs is 1. The zero-order valence-electron chi connectivity index (χ0n) is 16.8.